The normalized spacial score (nSPS) is 26.3. The van der Waals surface area contributed by atoms with E-state index < -0.39 is 9.84 Å². The van der Waals surface area contributed by atoms with Gasteiger partial charge in [0.2, 0.25) is 0 Å². The topological polar surface area (TPSA) is 46.2 Å². The Morgan fingerprint density at radius 2 is 1.94 bits per heavy atom. The molecule has 1 fully saturated rings. The second-order valence-electron chi connectivity index (χ2n) is 5.40. The first-order chi connectivity index (χ1) is 8.67. The SMILES string of the molecule is O=S1(=O)CCC(NCC2CCC2)c2ccccc21. The molecule has 4 heteroatoms. The molecule has 1 aliphatic carbocycles. The summed E-state index contributed by atoms with van der Waals surface area (Å²) < 4.78 is 24.0. The van der Waals surface area contributed by atoms with Gasteiger partial charge < -0.3 is 5.32 Å². The lowest BCUT2D eigenvalue weighted by Crippen LogP contribution is -2.34. The van der Waals surface area contributed by atoms with Crippen LogP contribution >= 0.6 is 0 Å². The number of rotatable bonds is 3. The van der Waals surface area contributed by atoms with E-state index in [1.807, 2.05) is 18.2 Å². The zero-order valence-electron chi connectivity index (χ0n) is 10.4. The van der Waals surface area contributed by atoms with E-state index in [-0.39, 0.29) is 11.8 Å². The third-order valence-electron chi connectivity index (χ3n) is 4.18. The van der Waals surface area contributed by atoms with Gasteiger partial charge in [0.25, 0.3) is 0 Å². The molecule has 0 spiro atoms. The molecule has 0 amide bonds. The van der Waals surface area contributed by atoms with Crippen molar-refractivity contribution in [1.82, 2.24) is 5.32 Å². The molecule has 0 bridgehead atoms. The third kappa shape index (κ3) is 2.19. The van der Waals surface area contributed by atoms with E-state index in [1.165, 1.54) is 19.3 Å². The first-order valence-corrected chi connectivity index (χ1v) is 8.37. The Hall–Kier alpha value is -0.870. The highest BCUT2D eigenvalue weighted by atomic mass is 32.2. The minimum Gasteiger partial charge on any atom is -0.310 e. The first kappa shape index (κ1) is 12.2. The average Bonchev–Trinajstić information content (AvgIpc) is 2.30. The van der Waals surface area contributed by atoms with Crippen LogP contribution < -0.4 is 5.32 Å². The summed E-state index contributed by atoms with van der Waals surface area (Å²) in [5, 5.41) is 3.55. The largest absolute Gasteiger partial charge is 0.310 e. The van der Waals surface area contributed by atoms with Gasteiger partial charge in [0, 0.05) is 6.04 Å². The Kier molecular flexibility index (Phi) is 3.16. The first-order valence-electron chi connectivity index (χ1n) is 6.72. The summed E-state index contributed by atoms with van der Waals surface area (Å²) in [4.78, 5) is 0.530. The standard InChI is InChI=1S/C14H19NO2S/c16-18(17)9-8-13(15-10-11-4-3-5-11)12-6-1-2-7-14(12)18/h1-2,6-7,11,13,15H,3-5,8-10H2. The monoisotopic (exact) mass is 265 g/mol. The molecule has 2 aliphatic rings. The highest BCUT2D eigenvalue weighted by Gasteiger charge is 2.30. The predicted molar refractivity (Wildman–Crippen MR) is 71.2 cm³/mol. The summed E-state index contributed by atoms with van der Waals surface area (Å²) in [6, 6.07) is 7.64. The fraction of sp³-hybridized carbons (Fsp3) is 0.571. The third-order valence-corrected chi connectivity index (χ3v) is 6.00. The van der Waals surface area contributed by atoms with Crippen LogP contribution in [0.15, 0.2) is 29.2 Å². The number of hydrogen-bond donors (Lipinski definition) is 1. The summed E-state index contributed by atoms with van der Waals surface area (Å²) in [6.45, 7) is 1.03. The van der Waals surface area contributed by atoms with Crippen molar-refractivity contribution in [3.05, 3.63) is 29.8 Å². The minimum atomic E-state index is -3.05. The molecule has 0 aromatic heterocycles. The summed E-state index contributed by atoms with van der Waals surface area (Å²) in [5.74, 6) is 1.07. The van der Waals surface area contributed by atoms with Crippen molar-refractivity contribution >= 4 is 9.84 Å². The van der Waals surface area contributed by atoms with Gasteiger partial charge in [0.1, 0.15) is 0 Å². The van der Waals surface area contributed by atoms with Crippen molar-refractivity contribution in [3.8, 4) is 0 Å². The summed E-state index contributed by atoms with van der Waals surface area (Å²) in [6.07, 6.45) is 4.69. The fourth-order valence-corrected chi connectivity index (χ4v) is 4.43. The molecule has 0 radical (unpaired) electrons. The molecule has 1 aromatic carbocycles. The molecule has 3 nitrogen and oxygen atoms in total. The molecule has 98 valence electrons. The molecule has 1 unspecified atom stereocenters. The van der Waals surface area contributed by atoms with Gasteiger partial charge in [-0.25, -0.2) is 8.42 Å². The minimum absolute atomic E-state index is 0.213. The maximum atomic E-state index is 12.0. The van der Waals surface area contributed by atoms with Gasteiger partial charge in [0.15, 0.2) is 9.84 Å². The van der Waals surface area contributed by atoms with E-state index >= 15 is 0 Å². The Bertz CT molecular complexity index is 534. The Morgan fingerprint density at radius 1 is 1.17 bits per heavy atom. The van der Waals surface area contributed by atoms with Gasteiger partial charge in [-0.1, -0.05) is 24.6 Å². The van der Waals surface area contributed by atoms with E-state index in [9.17, 15) is 8.42 Å². The Balaban J connectivity index is 1.80. The highest BCUT2D eigenvalue weighted by molar-refractivity contribution is 7.91. The molecule has 18 heavy (non-hydrogen) atoms. The number of sulfone groups is 1. The van der Waals surface area contributed by atoms with Gasteiger partial charge in [0.05, 0.1) is 10.6 Å². The molecule has 1 atom stereocenters. The van der Waals surface area contributed by atoms with Gasteiger partial charge in [-0.2, -0.15) is 0 Å². The second kappa shape index (κ2) is 4.67. The van der Waals surface area contributed by atoms with Crippen LogP contribution in [0.2, 0.25) is 0 Å². The number of nitrogens with one attached hydrogen (secondary N) is 1. The van der Waals surface area contributed by atoms with Gasteiger partial charge in [-0.3, -0.25) is 0 Å². The highest BCUT2D eigenvalue weighted by Crippen LogP contribution is 2.33. The summed E-state index contributed by atoms with van der Waals surface area (Å²) in [5.41, 5.74) is 0.961. The molecule has 1 aromatic rings. The van der Waals surface area contributed by atoms with Gasteiger partial charge in [-0.15, -0.1) is 0 Å². The molecular weight excluding hydrogens is 246 g/mol. The van der Waals surface area contributed by atoms with Crippen molar-refractivity contribution in [3.63, 3.8) is 0 Å². The van der Waals surface area contributed by atoms with Crippen LogP contribution in [0.4, 0.5) is 0 Å². The molecule has 3 rings (SSSR count). The van der Waals surface area contributed by atoms with Crippen LogP contribution in [0.5, 0.6) is 0 Å². The number of benzene rings is 1. The molecule has 1 saturated carbocycles. The van der Waals surface area contributed by atoms with Crippen LogP contribution in [-0.4, -0.2) is 20.7 Å². The molecule has 1 aliphatic heterocycles. The van der Waals surface area contributed by atoms with E-state index in [0.717, 1.165) is 18.0 Å². The van der Waals surface area contributed by atoms with E-state index in [0.29, 0.717) is 11.3 Å². The van der Waals surface area contributed by atoms with Crippen molar-refractivity contribution in [2.45, 2.75) is 36.6 Å². The summed E-state index contributed by atoms with van der Waals surface area (Å²) >= 11 is 0. The number of fused-ring (bicyclic) bond motifs is 1. The number of hydrogen-bond acceptors (Lipinski definition) is 3. The lowest BCUT2D eigenvalue weighted by Gasteiger charge is -2.31. The van der Waals surface area contributed by atoms with Crippen molar-refractivity contribution < 1.29 is 8.42 Å². The predicted octanol–water partition coefficient (Wildman–Crippen LogP) is 2.29. The fourth-order valence-electron chi connectivity index (χ4n) is 2.81. The zero-order chi connectivity index (χ0) is 12.6. The van der Waals surface area contributed by atoms with Gasteiger partial charge >= 0.3 is 0 Å². The molecule has 1 heterocycles. The van der Waals surface area contributed by atoms with Crippen LogP contribution in [0, 0.1) is 5.92 Å². The Morgan fingerprint density at radius 3 is 2.67 bits per heavy atom. The molecule has 0 saturated heterocycles. The molecule has 1 N–H and O–H groups in total. The maximum absolute atomic E-state index is 12.0. The van der Waals surface area contributed by atoms with Crippen LogP contribution in [0.25, 0.3) is 0 Å². The average molecular weight is 265 g/mol. The van der Waals surface area contributed by atoms with Gasteiger partial charge in [-0.05, 0) is 43.4 Å². The van der Waals surface area contributed by atoms with Crippen LogP contribution in [-0.2, 0) is 9.84 Å². The smallest absolute Gasteiger partial charge is 0.178 e. The lowest BCUT2D eigenvalue weighted by atomic mass is 9.85. The Labute approximate surface area is 109 Å². The van der Waals surface area contributed by atoms with Crippen LogP contribution in [0.3, 0.4) is 0 Å². The van der Waals surface area contributed by atoms with Crippen molar-refractivity contribution in [1.29, 1.82) is 0 Å². The summed E-state index contributed by atoms with van der Waals surface area (Å²) in [7, 11) is -3.05. The zero-order valence-corrected chi connectivity index (χ0v) is 11.2. The maximum Gasteiger partial charge on any atom is 0.178 e. The second-order valence-corrected chi connectivity index (χ2v) is 7.48. The van der Waals surface area contributed by atoms with Crippen LogP contribution in [0.1, 0.15) is 37.3 Å². The van der Waals surface area contributed by atoms with E-state index in [1.54, 1.807) is 6.07 Å². The molecular formula is C14H19NO2S. The lowest BCUT2D eigenvalue weighted by molar-refractivity contribution is 0.286. The van der Waals surface area contributed by atoms with E-state index in [4.69, 9.17) is 0 Å². The van der Waals surface area contributed by atoms with Crippen molar-refractivity contribution in [2.75, 3.05) is 12.3 Å². The van der Waals surface area contributed by atoms with E-state index in [2.05, 4.69) is 5.32 Å². The quantitative estimate of drug-likeness (QED) is 0.912. The van der Waals surface area contributed by atoms with Crippen molar-refractivity contribution in [2.24, 2.45) is 5.92 Å².